The molecule has 2 rings (SSSR count). The number of hydrogen-bond acceptors (Lipinski definition) is 5. The molecule has 0 aromatic heterocycles. The van der Waals surface area contributed by atoms with Crippen LogP contribution in [-0.2, 0) is 4.74 Å². The van der Waals surface area contributed by atoms with Gasteiger partial charge in [0, 0.05) is 52.0 Å². The third-order valence-electron chi connectivity index (χ3n) is 3.71. The van der Waals surface area contributed by atoms with Crippen LogP contribution in [0.3, 0.4) is 0 Å². The van der Waals surface area contributed by atoms with Gasteiger partial charge in [-0.3, -0.25) is 4.90 Å². The number of rotatable bonds is 8. The number of piperazine rings is 1. The topological polar surface area (TPSA) is 37.0 Å². The van der Waals surface area contributed by atoms with Gasteiger partial charge in [0.1, 0.15) is 12.4 Å². The van der Waals surface area contributed by atoms with Gasteiger partial charge in [0.15, 0.2) is 0 Å². The van der Waals surface area contributed by atoms with E-state index in [1.807, 2.05) is 31.3 Å². The van der Waals surface area contributed by atoms with E-state index in [9.17, 15) is 0 Å². The fraction of sp³-hybridized carbons (Fsp3) is 0.625. The monoisotopic (exact) mass is 296 g/mol. The van der Waals surface area contributed by atoms with E-state index < -0.39 is 7.04 Å². The highest BCUT2D eigenvalue weighted by Crippen LogP contribution is 2.20. The highest BCUT2D eigenvalue weighted by Gasteiger charge is 2.16. The molecule has 118 valence electrons. The van der Waals surface area contributed by atoms with Crippen molar-refractivity contribution in [1.82, 2.24) is 10.2 Å². The van der Waals surface area contributed by atoms with Crippen LogP contribution in [0.5, 0.6) is 5.75 Å². The Labute approximate surface area is 132 Å². The van der Waals surface area contributed by atoms with E-state index in [1.54, 1.807) is 0 Å². The van der Waals surface area contributed by atoms with Gasteiger partial charge in [-0.15, -0.1) is 0 Å². The van der Waals surface area contributed by atoms with Gasteiger partial charge in [-0.2, -0.15) is 0 Å². The maximum Gasteiger partial charge on any atom is 0.119 e. The second-order valence-corrected chi connectivity index (χ2v) is 5.12. The van der Waals surface area contributed by atoms with Gasteiger partial charge in [0.2, 0.25) is 0 Å². The number of hydrogen-bond donors (Lipinski definition) is 1. The molecule has 21 heavy (non-hydrogen) atoms. The molecule has 1 aliphatic rings. The third kappa shape index (κ3) is 5.19. The third-order valence-corrected chi connectivity index (χ3v) is 3.71. The van der Waals surface area contributed by atoms with Crippen LogP contribution in [0, 0.1) is 0 Å². The lowest BCUT2D eigenvalue weighted by Gasteiger charge is -2.36. The largest absolute Gasteiger partial charge is 0.491 e. The van der Waals surface area contributed by atoms with E-state index >= 15 is 0 Å². The van der Waals surface area contributed by atoms with Crippen LogP contribution in [0.1, 0.15) is 4.11 Å². The molecule has 0 unspecified atom stereocenters. The summed E-state index contributed by atoms with van der Waals surface area (Å²) in [5, 5.41) is 3.18. The van der Waals surface area contributed by atoms with E-state index in [0.717, 1.165) is 45.0 Å². The van der Waals surface area contributed by atoms with Gasteiger partial charge in [-0.05, 0) is 31.3 Å². The Balaban J connectivity index is 1.72. The summed E-state index contributed by atoms with van der Waals surface area (Å²) in [4.78, 5) is 4.84. The Kier molecular flexibility index (Phi) is 5.18. The predicted molar refractivity (Wildman–Crippen MR) is 86.4 cm³/mol. The molecule has 1 heterocycles. The lowest BCUT2D eigenvalue weighted by Crippen LogP contribution is -2.48. The number of nitrogens with zero attached hydrogens (tertiary/aromatic N) is 2. The summed E-state index contributed by atoms with van der Waals surface area (Å²) in [5.41, 5.74) is 1.19. The molecule has 0 radical (unpaired) electrons. The van der Waals surface area contributed by atoms with Crippen molar-refractivity contribution in [3.8, 4) is 5.75 Å². The summed E-state index contributed by atoms with van der Waals surface area (Å²) in [5.74, 6) is 0.723. The summed E-state index contributed by atoms with van der Waals surface area (Å²) in [6.45, 7) is 6.59. The molecule has 0 atom stereocenters. The van der Waals surface area contributed by atoms with Crippen molar-refractivity contribution >= 4 is 5.69 Å². The van der Waals surface area contributed by atoms with Crippen LogP contribution >= 0.6 is 0 Å². The summed E-state index contributed by atoms with van der Waals surface area (Å²) in [7, 11) is -0.377. The zero-order valence-corrected chi connectivity index (χ0v) is 12.7. The van der Waals surface area contributed by atoms with E-state index in [4.69, 9.17) is 8.85 Å². The molecule has 0 saturated carbocycles. The minimum Gasteiger partial charge on any atom is -0.491 e. The first-order valence-electron chi connectivity index (χ1n) is 8.97. The Bertz CT molecular complexity index is 474. The smallest absolute Gasteiger partial charge is 0.119 e. The van der Waals surface area contributed by atoms with Crippen LogP contribution in [0.25, 0.3) is 0 Å². The molecule has 0 amide bonds. The number of anilines is 1. The molecular formula is C16H27N3O2. The summed E-state index contributed by atoms with van der Waals surface area (Å²) >= 11 is 0. The predicted octanol–water partition coefficient (Wildman–Crippen LogP) is 1.05. The Hall–Kier alpha value is -1.30. The van der Waals surface area contributed by atoms with Gasteiger partial charge in [0.25, 0.3) is 0 Å². The van der Waals surface area contributed by atoms with E-state index in [-0.39, 0.29) is 13.2 Å². The van der Waals surface area contributed by atoms with Crippen molar-refractivity contribution in [2.24, 2.45) is 0 Å². The molecule has 1 aromatic rings. The fourth-order valence-corrected chi connectivity index (χ4v) is 2.45. The lowest BCUT2D eigenvalue weighted by molar-refractivity contribution is 0.146. The Morgan fingerprint density at radius 3 is 2.57 bits per heavy atom. The second kappa shape index (κ2) is 8.87. The van der Waals surface area contributed by atoms with Crippen molar-refractivity contribution in [2.75, 3.05) is 71.5 Å². The molecule has 5 heteroatoms. The van der Waals surface area contributed by atoms with Crippen molar-refractivity contribution in [3.05, 3.63) is 24.3 Å². The average molecular weight is 296 g/mol. The van der Waals surface area contributed by atoms with Crippen molar-refractivity contribution in [2.45, 2.75) is 0 Å². The highest BCUT2D eigenvalue weighted by atomic mass is 16.5. The number of methoxy groups -OCH3 is 1. The molecule has 1 fully saturated rings. The van der Waals surface area contributed by atoms with Gasteiger partial charge in [-0.25, -0.2) is 0 Å². The zero-order valence-electron chi connectivity index (χ0n) is 15.7. The highest BCUT2D eigenvalue weighted by molar-refractivity contribution is 5.49. The molecule has 5 nitrogen and oxygen atoms in total. The van der Waals surface area contributed by atoms with Crippen LogP contribution in [-0.4, -0.2) is 71.5 Å². The lowest BCUT2D eigenvalue weighted by atomic mass is 10.2. The standard InChI is InChI=1S/C16H27N3O2/c1-17-7-8-18-9-11-19(12-10-18)15-3-5-16(6-4-15)21-14-13-20-2/h3-6,17H,7-14H2,1-2H3/i2D3. The van der Waals surface area contributed by atoms with Gasteiger partial charge in [0.05, 0.1) is 10.7 Å². The zero-order chi connectivity index (χ0) is 17.4. The van der Waals surface area contributed by atoms with Crippen molar-refractivity contribution < 1.29 is 13.6 Å². The maximum atomic E-state index is 6.95. The van der Waals surface area contributed by atoms with E-state index in [2.05, 4.69) is 19.9 Å². The first-order chi connectivity index (χ1) is 11.5. The molecular weight excluding hydrogens is 266 g/mol. The normalized spacial score (nSPS) is 18.9. The quantitative estimate of drug-likeness (QED) is 0.726. The molecule has 0 aliphatic carbocycles. The molecule has 1 aliphatic heterocycles. The van der Waals surface area contributed by atoms with E-state index in [1.165, 1.54) is 5.69 Å². The van der Waals surface area contributed by atoms with Gasteiger partial charge in [-0.1, -0.05) is 0 Å². The number of ether oxygens (including phenoxy) is 2. The van der Waals surface area contributed by atoms with Gasteiger partial charge >= 0.3 is 0 Å². The van der Waals surface area contributed by atoms with E-state index in [0.29, 0.717) is 0 Å². The fourth-order valence-electron chi connectivity index (χ4n) is 2.45. The number of nitrogens with one attached hydrogen (secondary N) is 1. The number of benzene rings is 1. The first-order valence-corrected chi connectivity index (χ1v) is 7.47. The van der Waals surface area contributed by atoms with Gasteiger partial charge < -0.3 is 19.7 Å². The second-order valence-electron chi connectivity index (χ2n) is 5.12. The summed E-state index contributed by atoms with van der Waals surface area (Å²) < 4.78 is 31.0. The molecule has 0 spiro atoms. The molecule has 0 bridgehead atoms. The van der Waals surface area contributed by atoms with Crippen molar-refractivity contribution in [3.63, 3.8) is 0 Å². The van der Waals surface area contributed by atoms with Crippen LogP contribution in [0.4, 0.5) is 5.69 Å². The van der Waals surface area contributed by atoms with Crippen LogP contribution < -0.4 is 15.0 Å². The SMILES string of the molecule is [2H]C([2H])([2H])OCCOc1ccc(N2CCN(CCNC)CC2)cc1. The van der Waals surface area contributed by atoms with Crippen molar-refractivity contribution in [1.29, 1.82) is 0 Å². The Morgan fingerprint density at radius 1 is 1.14 bits per heavy atom. The minimum absolute atomic E-state index is 0.0484. The minimum atomic E-state index is -2.36. The number of likely N-dealkylation sites (N-methyl/N-ethyl adjacent to an activating group) is 1. The Morgan fingerprint density at radius 2 is 1.90 bits per heavy atom. The first kappa shape index (κ1) is 12.3. The van der Waals surface area contributed by atoms with Crippen LogP contribution in [0.15, 0.2) is 24.3 Å². The molecule has 1 aromatic carbocycles. The summed E-state index contributed by atoms with van der Waals surface area (Å²) in [6, 6.07) is 7.92. The maximum absolute atomic E-state index is 6.95. The van der Waals surface area contributed by atoms with Crippen LogP contribution in [0.2, 0.25) is 0 Å². The molecule has 1 saturated heterocycles. The average Bonchev–Trinajstić information content (AvgIpc) is 2.57. The molecule has 1 N–H and O–H groups in total. The summed E-state index contributed by atoms with van der Waals surface area (Å²) in [6.07, 6.45) is 0.